The number of hydrogen-bond donors (Lipinski definition) is 2. The number of nitrogens with zero attached hydrogens (tertiary/aromatic N) is 3. The van der Waals surface area contributed by atoms with Gasteiger partial charge < -0.3 is 25.3 Å². The van der Waals surface area contributed by atoms with E-state index >= 15 is 0 Å². The Hall–Kier alpha value is -3.34. The lowest BCUT2D eigenvalue weighted by Crippen LogP contribution is -2.41. The molecule has 1 atom stereocenters. The second-order valence-corrected chi connectivity index (χ2v) is 8.97. The van der Waals surface area contributed by atoms with Crippen molar-refractivity contribution in [2.75, 3.05) is 24.8 Å². The second-order valence-electron chi connectivity index (χ2n) is 8.97. The average Bonchev–Trinajstić information content (AvgIpc) is 3.32. The standard InChI is InChI=1S/C24H28F3N5O3/c1-13-30-17-11-18(33-4)19(35-23(2,3)20-6-5-7-34-20)10-16(17)22(31-13)29-12-15-8-14(24(25,26)27)9-21(28)32-15/h8-11,20H,5-7,12H2,1-4H3,(H2,28,32)(H,29,30,31). The Labute approximate surface area is 201 Å². The normalized spacial score (nSPS) is 16.5. The molecule has 3 aromatic rings. The average molecular weight is 492 g/mol. The van der Waals surface area contributed by atoms with Gasteiger partial charge in [0.05, 0.1) is 36.5 Å². The lowest BCUT2D eigenvalue weighted by atomic mass is 9.99. The number of anilines is 2. The van der Waals surface area contributed by atoms with E-state index in [1.807, 2.05) is 13.8 Å². The molecule has 35 heavy (non-hydrogen) atoms. The monoisotopic (exact) mass is 491 g/mol. The van der Waals surface area contributed by atoms with E-state index in [1.165, 1.54) is 0 Å². The first-order chi connectivity index (χ1) is 16.5. The van der Waals surface area contributed by atoms with Crippen LogP contribution in [0, 0.1) is 6.92 Å². The predicted octanol–water partition coefficient (Wildman–Crippen LogP) is 4.89. The molecule has 2 aromatic heterocycles. The summed E-state index contributed by atoms with van der Waals surface area (Å²) in [6, 6.07) is 5.28. The van der Waals surface area contributed by atoms with E-state index in [4.69, 9.17) is 19.9 Å². The van der Waals surface area contributed by atoms with Crippen molar-refractivity contribution in [3.05, 3.63) is 41.3 Å². The van der Waals surface area contributed by atoms with Gasteiger partial charge in [0, 0.05) is 18.1 Å². The number of fused-ring (bicyclic) bond motifs is 1. The number of aryl methyl sites for hydroxylation is 1. The van der Waals surface area contributed by atoms with E-state index < -0.39 is 17.3 Å². The van der Waals surface area contributed by atoms with Crippen molar-refractivity contribution in [3.8, 4) is 11.5 Å². The molecule has 0 saturated carbocycles. The minimum Gasteiger partial charge on any atom is -0.493 e. The summed E-state index contributed by atoms with van der Waals surface area (Å²) in [6.45, 7) is 6.32. The van der Waals surface area contributed by atoms with Crippen molar-refractivity contribution in [3.63, 3.8) is 0 Å². The predicted molar refractivity (Wildman–Crippen MR) is 125 cm³/mol. The summed E-state index contributed by atoms with van der Waals surface area (Å²) < 4.78 is 57.2. The van der Waals surface area contributed by atoms with E-state index in [0.717, 1.165) is 25.0 Å². The summed E-state index contributed by atoms with van der Waals surface area (Å²) in [7, 11) is 1.55. The van der Waals surface area contributed by atoms with Gasteiger partial charge in [-0.2, -0.15) is 13.2 Å². The van der Waals surface area contributed by atoms with Crippen LogP contribution in [0.2, 0.25) is 0 Å². The molecule has 3 heterocycles. The summed E-state index contributed by atoms with van der Waals surface area (Å²) in [4.78, 5) is 13.0. The molecule has 11 heteroatoms. The third-order valence-electron chi connectivity index (χ3n) is 5.83. The van der Waals surface area contributed by atoms with E-state index in [-0.39, 0.29) is 24.2 Å². The summed E-state index contributed by atoms with van der Waals surface area (Å²) in [6.07, 6.45) is -2.72. The van der Waals surface area contributed by atoms with Crippen molar-refractivity contribution in [1.29, 1.82) is 0 Å². The molecule has 188 valence electrons. The fourth-order valence-electron chi connectivity index (χ4n) is 4.14. The van der Waals surface area contributed by atoms with Gasteiger partial charge in [0.1, 0.15) is 23.1 Å². The third-order valence-corrected chi connectivity index (χ3v) is 5.83. The lowest BCUT2D eigenvalue weighted by molar-refractivity contribution is -0.137. The number of hydrogen-bond acceptors (Lipinski definition) is 8. The smallest absolute Gasteiger partial charge is 0.416 e. The third kappa shape index (κ3) is 5.50. The quantitative estimate of drug-likeness (QED) is 0.481. The number of rotatable bonds is 7. The highest BCUT2D eigenvalue weighted by molar-refractivity contribution is 5.91. The summed E-state index contributed by atoms with van der Waals surface area (Å²) >= 11 is 0. The first-order valence-electron chi connectivity index (χ1n) is 11.2. The minimum absolute atomic E-state index is 0.0245. The van der Waals surface area contributed by atoms with Crippen LogP contribution in [0.3, 0.4) is 0 Å². The summed E-state index contributed by atoms with van der Waals surface area (Å²) in [5, 5.41) is 3.70. The minimum atomic E-state index is -4.53. The van der Waals surface area contributed by atoms with Gasteiger partial charge in [-0.3, -0.25) is 0 Å². The molecule has 1 aliphatic rings. The summed E-state index contributed by atoms with van der Waals surface area (Å²) in [5.41, 5.74) is 4.85. The van der Waals surface area contributed by atoms with Crippen molar-refractivity contribution >= 4 is 22.5 Å². The number of nitrogens with one attached hydrogen (secondary N) is 1. The molecule has 3 N–H and O–H groups in total. The molecule has 1 fully saturated rings. The Morgan fingerprint density at radius 2 is 1.89 bits per heavy atom. The molecule has 0 spiro atoms. The number of alkyl halides is 3. The number of nitrogen functional groups attached to an aromatic ring is 1. The molecular formula is C24H28F3N5O3. The van der Waals surface area contributed by atoms with Crippen LogP contribution in [-0.2, 0) is 17.5 Å². The molecule has 0 amide bonds. The Morgan fingerprint density at radius 3 is 2.54 bits per heavy atom. The highest BCUT2D eigenvalue weighted by atomic mass is 19.4. The topological polar surface area (TPSA) is 104 Å². The van der Waals surface area contributed by atoms with Gasteiger partial charge in [-0.15, -0.1) is 0 Å². The molecule has 4 rings (SSSR count). The molecule has 0 aliphatic carbocycles. The van der Waals surface area contributed by atoms with Crippen molar-refractivity contribution < 1.29 is 27.4 Å². The van der Waals surface area contributed by atoms with Crippen molar-refractivity contribution in [1.82, 2.24) is 15.0 Å². The zero-order chi connectivity index (χ0) is 25.4. The van der Waals surface area contributed by atoms with E-state index in [2.05, 4.69) is 20.3 Å². The zero-order valence-electron chi connectivity index (χ0n) is 20.0. The number of benzene rings is 1. The van der Waals surface area contributed by atoms with E-state index in [1.54, 1.807) is 26.2 Å². The number of pyridine rings is 1. The number of nitrogens with two attached hydrogens (primary N) is 1. The number of ether oxygens (including phenoxy) is 3. The fraction of sp³-hybridized carbons (Fsp3) is 0.458. The van der Waals surface area contributed by atoms with Crippen LogP contribution < -0.4 is 20.5 Å². The Kier molecular flexibility index (Phi) is 6.63. The van der Waals surface area contributed by atoms with Gasteiger partial charge in [-0.25, -0.2) is 15.0 Å². The maximum Gasteiger partial charge on any atom is 0.416 e. The van der Waals surface area contributed by atoms with Gasteiger partial charge in [0.2, 0.25) is 0 Å². The van der Waals surface area contributed by atoms with E-state index in [0.29, 0.717) is 40.7 Å². The zero-order valence-corrected chi connectivity index (χ0v) is 20.0. The Bertz CT molecular complexity index is 1230. The second kappa shape index (κ2) is 9.37. The molecule has 1 aromatic carbocycles. The highest BCUT2D eigenvalue weighted by Gasteiger charge is 2.36. The Balaban J connectivity index is 1.68. The molecule has 8 nitrogen and oxygen atoms in total. The van der Waals surface area contributed by atoms with Crippen LogP contribution in [0.25, 0.3) is 10.9 Å². The van der Waals surface area contributed by atoms with Crippen LogP contribution in [-0.4, -0.2) is 40.4 Å². The number of aromatic nitrogens is 3. The van der Waals surface area contributed by atoms with Crippen LogP contribution in [0.1, 0.15) is 43.8 Å². The molecule has 0 radical (unpaired) electrons. The molecule has 0 bridgehead atoms. The number of halogens is 3. The fourth-order valence-corrected chi connectivity index (χ4v) is 4.14. The maximum absolute atomic E-state index is 13.2. The van der Waals surface area contributed by atoms with Gasteiger partial charge in [0.15, 0.2) is 11.5 Å². The van der Waals surface area contributed by atoms with Crippen LogP contribution in [0.4, 0.5) is 24.8 Å². The van der Waals surface area contributed by atoms with Crippen molar-refractivity contribution in [2.24, 2.45) is 0 Å². The highest BCUT2D eigenvalue weighted by Crippen LogP contribution is 2.38. The molecule has 1 aliphatic heterocycles. The van der Waals surface area contributed by atoms with Gasteiger partial charge in [0.25, 0.3) is 0 Å². The van der Waals surface area contributed by atoms with Gasteiger partial charge in [-0.1, -0.05) is 0 Å². The van der Waals surface area contributed by atoms with Crippen LogP contribution in [0.15, 0.2) is 24.3 Å². The van der Waals surface area contributed by atoms with E-state index in [9.17, 15) is 13.2 Å². The van der Waals surface area contributed by atoms with Crippen LogP contribution >= 0.6 is 0 Å². The lowest BCUT2D eigenvalue weighted by Gasteiger charge is -2.32. The largest absolute Gasteiger partial charge is 0.493 e. The first-order valence-corrected chi connectivity index (χ1v) is 11.2. The molecule has 1 saturated heterocycles. The van der Waals surface area contributed by atoms with Crippen molar-refractivity contribution in [2.45, 2.75) is 58.0 Å². The maximum atomic E-state index is 13.2. The van der Waals surface area contributed by atoms with Gasteiger partial charge >= 0.3 is 6.18 Å². The first kappa shape index (κ1) is 24.8. The Morgan fingerprint density at radius 1 is 1.11 bits per heavy atom. The summed E-state index contributed by atoms with van der Waals surface area (Å²) in [5.74, 6) is 1.68. The molecular weight excluding hydrogens is 463 g/mol. The SMILES string of the molecule is COc1cc2nc(C)nc(NCc3cc(C(F)(F)F)cc(N)n3)c2cc1OC(C)(C)C1CCCO1. The van der Waals surface area contributed by atoms with Crippen LogP contribution in [0.5, 0.6) is 11.5 Å². The molecule has 1 unspecified atom stereocenters. The van der Waals surface area contributed by atoms with Gasteiger partial charge in [-0.05, 0) is 51.8 Å². The number of methoxy groups -OCH3 is 1.